The average Bonchev–Trinajstić information content (AvgIpc) is 3.22. The second-order valence-corrected chi connectivity index (χ2v) is 5.09. The van der Waals surface area contributed by atoms with Gasteiger partial charge in [-0.3, -0.25) is 4.98 Å². The molecule has 0 aliphatic heterocycles. The first-order valence-corrected chi connectivity index (χ1v) is 6.55. The zero-order valence-corrected chi connectivity index (χ0v) is 10.7. The Morgan fingerprint density at radius 3 is 2.72 bits per heavy atom. The predicted molar refractivity (Wildman–Crippen MR) is 74.3 cm³/mol. The number of aryl methyl sites for hydroxylation is 1. The van der Waals surface area contributed by atoms with E-state index in [2.05, 4.69) is 43.3 Å². The number of aromatic nitrogens is 1. The van der Waals surface area contributed by atoms with Crippen LogP contribution in [-0.2, 0) is 6.54 Å². The zero-order chi connectivity index (χ0) is 12.5. The van der Waals surface area contributed by atoms with Crippen molar-refractivity contribution < 1.29 is 0 Å². The molecule has 0 amide bonds. The topological polar surface area (TPSA) is 38.9 Å². The molecule has 2 N–H and O–H groups in total. The molecule has 1 aromatic carbocycles. The molecule has 0 atom stereocenters. The summed E-state index contributed by atoms with van der Waals surface area (Å²) in [7, 11) is 0. The normalized spacial score (nSPS) is 14.8. The lowest BCUT2D eigenvalue weighted by molar-refractivity contribution is 0.986. The van der Waals surface area contributed by atoms with Gasteiger partial charge in [0, 0.05) is 23.7 Å². The van der Waals surface area contributed by atoms with Gasteiger partial charge in [-0.25, -0.2) is 0 Å². The maximum Gasteiger partial charge on any atom is 0.0750 e. The molecule has 0 saturated heterocycles. The molecule has 1 saturated carbocycles. The molecule has 1 heterocycles. The summed E-state index contributed by atoms with van der Waals surface area (Å²) in [5.41, 5.74) is 11.7. The van der Waals surface area contributed by atoms with Crippen molar-refractivity contribution >= 4 is 0 Å². The minimum atomic E-state index is 0.543. The van der Waals surface area contributed by atoms with Gasteiger partial charge in [0.1, 0.15) is 0 Å². The Bertz CT molecular complexity index is 571. The summed E-state index contributed by atoms with van der Waals surface area (Å²) in [6.45, 7) is 2.65. The van der Waals surface area contributed by atoms with Crippen LogP contribution < -0.4 is 5.73 Å². The van der Waals surface area contributed by atoms with E-state index < -0.39 is 0 Å². The van der Waals surface area contributed by atoms with Crippen LogP contribution in [0.3, 0.4) is 0 Å². The summed E-state index contributed by atoms with van der Waals surface area (Å²) in [6, 6.07) is 12.8. The highest BCUT2D eigenvalue weighted by Crippen LogP contribution is 2.40. The Morgan fingerprint density at radius 1 is 1.22 bits per heavy atom. The van der Waals surface area contributed by atoms with E-state index in [9.17, 15) is 0 Å². The van der Waals surface area contributed by atoms with E-state index in [1.165, 1.54) is 29.7 Å². The second kappa shape index (κ2) is 4.54. The van der Waals surface area contributed by atoms with Crippen molar-refractivity contribution in [3.63, 3.8) is 0 Å². The van der Waals surface area contributed by atoms with Crippen molar-refractivity contribution in [2.45, 2.75) is 32.2 Å². The molecule has 3 rings (SSSR count). The van der Waals surface area contributed by atoms with Crippen LogP contribution in [0.15, 0.2) is 36.4 Å². The lowest BCUT2D eigenvalue weighted by Gasteiger charge is -2.10. The third-order valence-electron chi connectivity index (χ3n) is 3.51. The molecule has 0 radical (unpaired) electrons. The van der Waals surface area contributed by atoms with Gasteiger partial charge in [0.05, 0.1) is 5.69 Å². The standard InChI is InChI=1S/C16H18N2/c1-11-3-2-4-13(9-11)16-14(10-17)7-8-15(18-16)12-5-6-12/h2-4,7-9,12H,5-6,10,17H2,1H3. The van der Waals surface area contributed by atoms with Crippen molar-refractivity contribution in [1.29, 1.82) is 0 Å². The summed E-state index contributed by atoms with van der Waals surface area (Å²) in [6.07, 6.45) is 2.56. The largest absolute Gasteiger partial charge is 0.326 e. The third kappa shape index (κ3) is 2.16. The van der Waals surface area contributed by atoms with E-state index in [0.717, 1.165) is 11.3 Å². The quantitative estimate of drug-likeness (QED) is 0.890. The van der Waals surface area contributed by atoms with E-state index >= 15 is 0 Å². The van der Waals surface area contributed by atoms with E-state index in [4.69, 9.17) is 10.7 Å². The molecule has 18 heavy (non-hydrogen) atoms. The van der Waals surface area contributed by atoms with Crippen LogP contribution in [0.1, 0.15) is 35.6 Å². The van der Waals surface area contributed by atoms with E-state index in [-0.39, 0.29) is 0 Å². The van der Waals surface area contributed by atoms with Crippen molar-refractivity contribution in [1.82, 2.24) is 4.98 Å². The first kappa shape index (κ1) is 11.4. The summed E-state index contributed by atoms with van der Waals surface area (Å²) < 4.78 is 0. The number of nitrogens with zero attached hydrogens (tertiary/aromatic N) is 1. The minimum Gasteiger partial charge on any atom is -0.326 e. The Morgan fingerprint density at radius 2 is 2.06 bits per heavy atom. The van der Waals surface area contributed by atoms with Crippen molar-refractivity contribution in [2.24, 2.45) is 5.73 Å². The van der Waals surface area contributed by atoms with E-state index in [1.54, 1.807) is 0 Å². The third-order valence-corrected chi connectivity index (χ3v) is 3.51. The lowest BCUT2D eigenvalue weighted by Crippen LogP contribution is -2.02. The molecule has 1 aromatic heterocycles. The monoisotopic (exact) mass is 238 g/mol. The molecule has 0 bridgehead atoms. The van der Waals surface area contributed by atoms with Crippen LogP contribution in [0, 0.1) is 6.92 Å². The summed E-state index contributed by atoms with van der Waals surface area (Å²) >= 11 is 0. The van der Waals surface area contributed by atoms with Crippen molar-refractivity contribution in [3.8, 4) is 11.3 Å². The SMILES string of the molecule is Cc1cccc(-c2nc(C3CC3)ccc2CN)c1. The average molecular weight is 238 g/mol. The molecule has 1 aliphatic rings. The van der Waals surface area contributed by atoms with Crippen LogP contribution >= 0.6 is 0 Å². The maximum absolute atomic E-state index is 5.83. The molecule has 1 fully saturated rings. The van der Waals surface area contributed by atoms with Crippen LogP contribution in [0.4, 0.5) is 0 Å². The molecular formula is C16H18N2. The van der Waals surface area contributed by atoms with Gasteiger partial charge >= 0.3 is 0 Å². The van der Waals surface area contributed by atoms with Crippen LogP contribution in [0.2, 0.25) is 0 Å². The first-order valence-electron chi connectivity index (χ1n) is 6.55. The molecule has 0 spiro atoms. The Labute approximate surface area is 108 Å². The van der Waals surface area contributed by atoms with Crippen LogP contribution in [0.25, 0.3) is 11.3 Å². The molecule has 2 aromatic rings. The fourth-order valence-corrected chi connectivity index (χ4v) is 2.32. The van der Waals surface area contributed by atoms with Gasteiger partial charge in [-0.05, 0) is 37.5 Å². The number of benzene rings is 1. The van der Waals surface area contributed by atoms with Crippen LogP contribution in [-0.4, -0.2) is 4.98 Å². The molecule has 92 valence electrons. The zero-order valence-electron chi connectivity index (χ0n) is 10.7. The number of nitrogens with two attached hydrogens (primary N) is 1. The van der Waals surface area contributed by atoms with Crippen molar-refractivity contribution in [3.05, 3.63) is 53.2 Å². The number of pyridine rings is 1. The van der Waals surface area contributed by atoms with Gasteiger partial charge < -0.3 is 5.73 Å². The lowest BCUT2D eigenvalue weighted by atomic mass is 10.0. The van der Waals surface area contributed by atoms with Crippen LogP contribution in [0.5, 0.6) is 0 Å². The van der Waals surface area contributed by atoms with E-state index in [1.807, 2.05) is 0 Å². The summed E-state index contributed by atoms with van der Waals surface area (Å²) in [4.78, 5) is 4.84. The van der Waals surface area contributed by atoms with Gasteiger partial charge in [0.25, 0.3) is 0 Å². The maximum atomic E-state index is 5.83. The highest BCUT2D eigenvalue weighted by atomic mass is 14.7. The highest BCUT2D eigenvalue weighted by molar-refractivity contribution is 5.64. The van der Waals surface area contributed by atoms with Gasteiger partial charge in [-0.15, -0.1) is 0 Å². The predicted octanol–water partition coefficient (Wildman–Crippen LogP) is 3.39. The number of hydrogen-bond acceptors (Lipinski definition) is 2. The summed E-state index contributed by atoms with van der Waals surface area (Å²) in [5, 5.41) is 0. The fraction of sp³-hybridized carbons (Fsp3) is 0.312. The highest BCUT2D eigenvalue weighted by Gasteiger charge is 2.25. The molecular weight excluding hydrogens is 220 g/mol. The van der Waals surface area contributed by atoms with Crippen molar-refractivity contribution in [2.75, 3.05) is 0 Å². The number of rotatable bonds is 3. The smallest absolute Gasteiger partial charge is 0.0750 e. The molecule has 0 unspecified atom stereocenters. The Kier molecular flexibility index (Phi) is 2.88. The first-order chi connectivity index (χ1) is 8.78. The summed E-state index contributed by atoms with van der Waals surface area (Å²) in [5.74, 6) is 0.681. The number of hydrogen-bond donors (Lipinski definition) is 1. The van der Waals surface area contributed by atoms with Gasteiger partial charge in [0.2, 0.25) is 0 Å². The van der Waals surface area contributed by atoms with Gasteiger partial charge in [0.15, 0.2) is 0 Å². The molecule has 2 nitrogen and oxygen atoms in total. The fourth-order valence-electron chi connectivity index (χ4n) is 2.32. The Balaban J connectivity index is 2.10. The van der Waals surface area contributed by atoms with E-state index in [0.29, 0.717) is 12.5 Å². The second-order valence-electron chi connectivity index (χ2n) is 5.09. The Hall–Kier alpha value is -1.67. The molecule has 2 heteroatoms. The van der Waals surface area contributed by atoms with Gasteiger partial charge in [-0.1, -0.05) is 29.8 Å². The minimum absolute atomic E-state index is 0.543. The van der Waals surface area contributed by atoms with Gasteiger partial charge in [-0.2, -0.15) is 0 Å². The molecule has 1 aliphatic carbocycles.